The summed E-state index contributed by atoms with van der Waals surface area (Å²) >= 11 is 0. The number of carbonyl (C=O) groups is 1. The molecule has 0 saturated carbocycles. The van der Waals surface area contributed by atoms with Crippen LogP contribution >= 0.6 is 0 Å². The van der Waals surface area contributed by atoms with E-state index in [1.807, 2.05) is 18.2 Å². The number of ether oxygens (including phenoxy) is 2. The number of fused-ring (bicyclic) bond motifs is 1. The highest BCUT2D eigenvalue weighted by Crippen LogP contribution is 2.32. The van der Waals surface area contributed by atoms with Gasteiger partial charge in [0.05, 0.1) is 5.92 Å². The maximum atomic E-state index is 13.0. The zero-order valence-electron chi connectivity index (χ0n) is 16.8. The number of piperidine rings is 2. The molecule has 1 atom stereocenters. The largest absolute Gasteiger partial charge is 0.454 e. The summed E-state index contributed by atoms with van der Waals surface area (Å²) in [4.78, 5) is 12.7. The van der Waals surface area contributed by atoms with Crippen molar-refractivity contribution in [1.82, 2.24) is 13.9 Å². The van der Waals surface area contributed by atoms with E-state index in [1.54, 1.807) is 4.31 Å². The van der Waals surface area contributed by atoms with Crippen LogP contribution in [-0.4, -0.2) is 55.9 Å². The third-order valence-corrected chi connectivity index (χ3v) is 8.06. The zero-order valence-corrected chi connectivity index (χ0v) is 17.6. The van der Waals surface area contributed by atoms with Crippen LogP contribution in [0.2, 0.25) is 0 Å². The molecular formula is C20H29N3O5S. The quantitative estimate of drug-likeness (QED) is 0.779. The normalized spacial score (nSPS) is 23.8. The first kappa shape index (κ1) is 20.4. The summed E-state index contributed by atoms with van der Waals surface area (Å²) in [6.45, 7) is 4.63. The van der Waals surface area contributed by atoms with Crippen molar-refractivity contribution in [3.63, 3.8) is 0 Å². The van der Waals surface area contributed by atoms with Crippen molar-refractivity contribution in [2.75, 3.05) is 33.0 Å². The number of hydrogen-bond acceptors (Lipinski definition) is 5. The first-order valence-electron chi connectivity index (χ1n) is 10.3. The van der Waals surface area contributed by atoms with E-state index in [0.29, 0.717) is 56.4 Å². The standard InChI is InChI=1S/C20H29N3O5S/c1-15-6-9-22(10-7-15)29(25,26)23-8-2-3-17(13-23)20(24)21-12-16-4-5-18-19(11-16)28-14-27-18/h4-5,11,15,17H,2-3,6-10,12-14H2,1H3,(H,21,24). The maximum Gasteiger partial charge on any atom is 0.281 e. The number of amides is 1. The first-order chi connectivity index (χ1) is 13.9. The molecule has 9 heteroatoms. The van der Waals surface area contributed by atoms with E-state index < -0.39 is 10.2 Å². The highest BCUT2D eigenvalue weighted by Gasteiger charge is 2.36. The van der Waals surface area contributed by atoms with Gasteiger partial charge in [-0.2, -0.15) is 17.0 Å². The lowest BCUT2D eigenvalue weighted by Gasteiger charge is -2.37. The molecule has 1 aromatic rings. The maximum absolute atomic E-state index is 13.0. The minimum atomic E-state index is -3.49. The Morgan fingerprint density at radius 1 is 1.10 bits per heavy atom. The molecule has 8 nitrogen and oxygen atoms in total. The monoisotopic (exact) mass is 423 g/mol. The van der Waals surface area contributed by atoms with Crippen LogP contribution < -0.4 is 14.8 Å². The van der Waals surface area contributed by atoms with Gasteiger partial charge in [-0.3, -0.25) is 4.79 Å². The molecule has 29 heavy (non-hydrogen) atoms. The fraction of sp³-hybridized carbons (Fsp3) is 0.650. The molecule has 1 N–H and O–H groups in total. The Bertz CT molecular complexity index is 852. The van der Waals surface area contributed by atoms with Gasteiger partial charge in [0.25, 0.3) is 10.2 Å². The van der Waals surface area contributed by atoms with Crippen molar-refractivity contribution in [2.24, 2.45) is 11.8 Å². The van der Waals surface area contributed by atoms with Crippen LogP contribution in [0.25, 0.3) is 0 Å². The molecule has 0 spiro atoms. The Kier molecular flexibility index (Phi) is 5.98. The molecule has 1 unspecified atom stereocenters. The predicted molar refractivity (Wildman–Crippen MR) is 108 cm³/mol. The fourth-order valence-electron chi connectivity index (χ4n) is 4.13. The number of hydrogen-bond donors (Lipinski definition) is 1. The van der Waals surface area contributed by atoms with Crippen molar-refractivity contribution < 1.29 is 22.7 Å². The Morgan fingerprint density at radius 3 is 2.66 bits per heavy atom. The number of benzene rings is 1. The van der Waals surface area contributed by atoms with Gasteiger partial charge < -0.3 is 14.8 Å². The number of nitrogens with one attached hydrogen (secondary N) is 1. The van der Waals surface area contributed by atoms with Gasteiger partial charge in [0, 0.05) is 32.7 Å². The molecule has 3 heterocycles. The highest BCUT2D eigenvalue weighted by molar-refractivity contribution is 7.86. The van der Waals surface area contributed by atoms with E-state index in [4.69, 9.17) is 9.47 Å². The lowest BCUT2D eigenvalue weighted by Crippen LogP contribution is -2.52. The highest BCUT2D eigenvalue weighted by atomic mass is 32.2. The Hall–Kier alpha value is -1.84. The third-order valence-electron chi connectivity index (χ3n) is 6.05. The summed E-state index contributed by atoms with van der Waals surface area (Å²) < 4.78 is 39.7. The lowest BCUT2D eigenvalue weighted by atomic mass is 9.98. The van der Waals surface area contributed by atoms with Crippen LogP contribution in [-0.2, 0) is 21.5 Å². The van der Waals surface area contributed by atoms with Crippen LogP contribution in [0.15, 0.2) is 18.2 Å². The number of carbonyl (C=O) groups excluding carboxylic acids is 1. The first-order valence-corrected chi connectivity index (χ1v) is 11.7. The van der Waals surface area contributed by atoms with Crippen molar-refractivity contribution in [2.45, 2.75) is 39.2 Å². The summed E-state index contributed by atoms with van der Waals surface area (Å²) in [7, 11) is -3.49. The predicted octanol–water partition coefficient (Wildman–Crippen LogP) is 1.72. The summed E-state index contributed by atoms with van der Waals surface area (Å²) in [6, 6.07) is 5.58. The minimum Gasteiger partial charge on any atom is -0.454 e. The van der Waals surface area contributed by atoms with E-state index in [-0.39, 0.29) is 25.2 Å². The van der Waals surface area contributed by atoms with Gasteiger partial charge in [-0.1, -0.05) is 13.0 Å². The molecule has 1 aromatic carbocycles. The summed E-state index contributed by atoms with van der Waals surface area (Å²) in [6.07, 6.45) is 3.20. The van der Waals surface area contributed by atoms with E-state index in [9.17, 15) is 13.2 Å². The Labute approximate surface area is 172 Å². The van der Waals surface area contributed by atoms with Crippen LogP contribution in [0, 0.1) is 11.8 Å². The summed E-state index contributed by atoms with van der Waals surface area (Å²) in [5.74, 6) is 1.53. The molecule has 0 bridgehead atoms. The van der Waals surface area contributed by atoms with Gasteiger partial charge >= 0.3 is 0 Å². The average Bonchev–Trinajstić information content (AvgIpc) is 3.20. The Balaban J connectivity index is 1.33. The third kappa shape index (κ3) is 4.51. The van der Waals surface area contributed by atoms with Crippen LogP contribution in [0.4, 0.5) is 0 Å². The van der Waals surface area contributed by atoms with Crippen molar-refractivity contribution >= 4 is 16.1 Å². The van der Waals surface area contributed by atoms with Crippen LogP contribution in [0.3, 0.4) is 0 Å². The van der Waals surface area contributed by atoms with Gasteiger partial charge in [-0.15, -0.1) is 0 Å². The minimum absolute atomic E-state index is 0.102. The Morgan fingerprint density at radius 2 is 1.86 bits per heavy atom. The summed E-state index contributed by atoms with van der Waals surface area (Å²) in [5, 5.41) is 2.95. The molecule has 0 radical (unpaired) electrons. The molecule has 4 rings (SSSR count). The smallest absolute Gasteiger partial charge is 0.281 e. The van der Waals surface area contributed by atoms with Gasteiger partial charge in [-0.05, 0) is 49.3 Å². The molecular weight excluding hydrogens is 394 g/mol. The number of nitrogens with zero attached hydrogens (tertiary/aromatic N) is 2. The second-order valence-electron chi connectivity index (χ2n) is 8.19. The van der Waals surface area contributed by atoms with E-state index in [2.05, 4.69) is 12.2 Å². The number of rotatable bonds is 5. The second kappa shape index (κ2) is 8.49. The molecule has 0 aromatic heterocycles. The summed E-state index contributed by atoms with van der Waals surface area (Å²) in [5.41, 5.74) is 0.922. The van der Waals surface area contributed by atoms with Crippen molar-refractivity contribution in [3.05, 3.63) is 23.8 Å². The molecule has 160 valence electrons. The fourth-order valence-corrected chi connectivity index (χ4v) is 5.86. The molecule has 0 aliphatic carbocycles. The average molecular weight is 424 g/mol. The van der Waals surface area contributed by atoms with E-state index in [0.717, 1.165) is 18.4 Å². The molecule has 3 aliphatic rings. The van der Waals surface area contributed by atoms with Crippen LogP contribution in [0.1, 0.15) is 38.2 Å². The topological polar surface area (TPSA) is 88.2 Å². The van der Waals surface area contributed by atoms with E-state index in [1.165, 1.54) is 4.31 Å². The van der Waals surface area contributed by atoms with Gasteiger partial charge in [-0.25, -0.2) is 0 Å². The van der Waals surface area contributed by atoms with Gasteiger partial charge in [0.1, 0.15) is 0 Å². The van der Waals surface area contributed by atoms with E-state index >= 15 is 0 Å². The zero-order chi connectivity index (χ0) is 20.4. The molecule has 1 amide bonds. The second-order valence-corrected chi connectivity index (χ2v) is 10.1. The van der Waals surface area contributed by atoms with Gasteiger partial charge in [0.2, 0.25) is 12.7 Å². The molecule has 2 saturated heterocycles. The van der Waals surface area contributed by atoms with Crippen molar-refractivity contribution in [1.29, 1.82) is 0 Å². The molecule has 3 aliphatic heterocycles. The van der Waals surface area contributed by atoms with Crippen LogP contribution in [0.5, 0.6) is 11.5 Å². The SMILES string of the molecule is CC1CCN(S(=O)(=O)N2CCCC(C(=O)NCc3ccc4c(c3)OCO4)C2)CC1. The van der Waals surface area contributed by atoms with Crippen molar-refractivity contribution in [3.8, 4) is 11.5 Å². The van der Waals surface area contributed by atoms with Gasteiger partial charge in [0.15, 0.2) is 11.5 Å². The lowest BCUT2D eigenvalue weighted by molar-refractivity contribution is -0.126. The molecule has 2 fully saturated rings.